The van der Waals surface area contributed by atoms with Gasteiger partial charge in [-0.05, 0) is 17.9 Å². The van der Waals surface area contributed by atoms with Gasteiger partial charge in [0.1, 0.15) is 0 Å². The van der Waals surface area contributed by atoms with E-state index in [9.17, 15) is 15.3 Å². The fraction of sp³-hybridized carbons (Fsp3) is 0.600. The van der Waals surface area contributed by atoms with Crippen LogP contribution in [-0.2, 0) is 11.3 Å². The van der Waals surface area contributed by atoms with Crippen molar-refractivity contribution in [3.63, 3.8) is 0 Å². The molecule has 0 amide bonds. The Morgan fingerprint density at radius 2 is 1.95 bits per heavy atom. The van der Waals surface area contributed by atoms with Crippen molar-refractivity contribution in [2.24, 2.45) is 11.8 Å². The highest BCUT2D eigenvalue weighted by molar-refractivity contribution is 5.13. The Labute approximate surface area is 118 Å². The van der Waals surface area contributed by atoms with Crippen LogP contribution in [0.1, 0.15) is 12.0 Å². The number of benzene rings is 1. The maximum absolute atomic E-state index is 10.1. The highest BCUT2D eigenvalue weighted by Crippen LogP contribution is 2.38. The Bertz CT molecular complexity index is 441. The first-order valence-electron chi connectivity index (χ1n) is 7.09. The molecule has 5 heteroatoms. The Balaban J connectivity index is 1.51. The molecule has 1 saturated carbocycles. The Kier molecular flexibility index (Phi) is 4.05. The topological polar surface area (TPSA) is 73.2 Å². The summed E-state index contributed by atoms with van der Waals surface area (Å²) in [5, 5.41) is 29.6. The van der Waals surface area contributed by atoms with Gasteiger partial charge in [-0.15, -0.1) is 0 Å². The number of rotatable bonds is 4. The Morgan fingerprint density at radius 1 is 1.20 bits per heavy atom. The average Bonchev–Trinajstić information content (AvgIpc) is 2.98. The third-order valence-corrected chi connectivity index (χ3v) is 4.45. The van der Waals surface area contributed by atoms with E-state index >= 15 is 0 Å². The number of hydrogen-bond acceptors (Lipinski definition) is 5. The van der Waals surface area contributed by atoms with E-state index in [1.54, 1.807) is 0 Å². The van der Waals surface area contributed by atoms with Gasteiger partial charge < -0.3 is 20.1 Å². The highest BCUT2D eigenvalue weighted by atomic mass is 16.6. The molecule has 3 N–H and O–H groups in total. The molecule has 1 aliphatic carbocycles. The lowest BCUT2D eigenvalue weighted by Crippen LogP contribution is -2.38. The first kappa shape index (κ1) is 14.0. The van der Waals surface area contributed by atoms with E-state index in [2.05, 4.69) is 0 Å². The first-order chi connectivity index (χ1) is 9.65. The minimum absolute atomic E-state index is 0.0416. The van der Waals surface area contributed by atoms with Gasteiger partial charge >= 0.3 is 0 Å². The quantitative estimate of drug-likeness (QED) is 0.684. The van der Waals surface area contributed by atoms with Crippen LogP contribution >= 0.6 is 0 Å². The van der Waals surface area contributed by atoms with Crippen LogP contribution in [0.5, 0.6) is 0 Å². The van der Waals surface area contributed by atoms with Crippen LogP contribution in [0.4, 0.5) is 0 Å². The summed E-state index contributed by atoms with van der Waals surface area (Å²) >= 11 is 0. The lowest BCUT2D eigenvalue weighted by Gasteiger charge is -2.25. The van der Waals surface area contributed by atoms with E-state index in [1.807, 2.05) is 35.2 Å². The van der Waals surface area contributed by atoms with E-state index in [0.717, 1.165) is 5.56 Å². The van der Waals surface area contributed by atoms with Gasteiger partial charge in [-0.2, -0.15) is 0 Å². The normalized spacial score (nSPS) is 35.1. The van der Waals surface area contributed by atoms with Gasteiger partial charge in [0.15, 0.2) is 0 Å². The second kappa shape index (κ2) is 5.79. The van der Waals surface area contributed by atoms with E-state index in [-0.39, 0.29) is 11.8 Å². The Morgan fingerprint density at radius 3 is 2.65 bits per heavy atom. The molecule has 5 atom stereocenters. The molecule has 2 aliphatic rings. The zero-order valence-electron chi connectivity index (χ0n) is 11.3. The number of nitrogens with zero attached hydrogens (tertiary/aromatic N) is 1. The maximum Gasteiger partial charge on any atom is 0.216 e. The van der Waals surface area contributed by atoms with Gasteiger partial charge in [0, 0.05) is 19.0 Å². The minimum Gasteiger partial charge on any atom is -0.390 e. The molecule has 1 aromatic carbocycles. The molecule has 1 heterocycles. The van der Waals surface area contributed by atoms with Gasteiger partial charge in [-0.25, -0.2) is 0 Å². The molecular formula is C15H21NO4. The summed E-state index contributed by atoms with van der Waals surface area (Å²) in [4.78, 5) is 1.83. The molecule has 5 nitrogen and oxygen atoms in total. The molecule has 3 rings (SSSR count). The van der Waals surface area contributed by atoms with Crippen LogP contribution < -0.4 is 0 Å². The molecule has 110 valence electrons. The molecule has 1 unspecified atom stereocenters. The second-order valence-corrected chi connectivity index (χ2v) is 5.79. The number of fused-ring (bicyclic) bond motifs is 1. The van der Waals surface area contributed by atoms with Gasteiger partial charge in [0.25, 0.3) is 0 Å². The summed E-state index contributed by atoms with van der Waals surface area (Å²) in [5.41, 5.74) is 1.02. The molecular weight excluding hydrogens is 258 g/mol. The van der Waals surface area contributed by atoms with Crippen molar-refractivity contribution in [2.75, 3.05) is 13.1 Å². The monoisotopic (exact) mass is 279 g/mol. The van der Waals surface area contributed by atoms with Gasteiger partial charge in [0.05, 0.1) is 18.8 Å². The molecule has 1 aromatic rings. The lowest BCUT2D eigenvalue weighted by molar-refractivity contribution is -0.196. The number of aliphatic hydroxyl groups is 3. The van der Waals surface area contributed by atoms with Gasteiger partial charge in [-0.1, -0.05) is 30.3 Å². The molecule has 1 saturated heterocycles. The van der Waals surface area contributed by atoms with Crippen molar-refractivity contribution in [1.82, 2.24) is 4.90 Å². The fourth-order valence-electron chi connectivity index (χ4n) is 3.33. The highest BCUT2D eigenvalue weighted by Gasteiger charge is 2.48. The summed E-state index contributed by atoms with van der Waals surface area (Å²) in [5.74, 6) is 0.287. The van der Waals surface area contributed by atoms with Crippen LogP contribution in [0.3, 0.4) is 0 Å². The van der Waals surface area contributed by atoms with Crippen LogP contribution in [0.2, 0.25) is 0 Å². The van der Waals surface area contributed by atoms with Crippen LogP contribution in [-0.4, -0.2) is 51.9 Å². The molecule has 1 aliphatic heterocycles. The van der Waals surface area contributed by atoms with Crippen molar-refractivity contribution in [1.29, 1.82) is 0 Å². The minimum atomic E-state index is -0.954. The molecule has 0 bridgehead atoms. The van der Waals surface area contributed by atoms with Crippen LogP contribution in [0.15, 0.2) is 30.3 Å². The van der Waals surface area contributed by atoms with E-state index in [0.29, 0.717) is 26.1 Å². The smallest absolute Gasteiger partial charge is 0.216 e. The SMILES string of the molecule is OC(OCc1ccccc1)N1C[C@@H]2C[C@@H](O)[C@@H](O)[C@@H]2C1. The van der Waals surface area contributed by atoms with Gasteiger partial charge in [-0.3, -0.25) is 4.90 Å². The van der Waals surface area contributed by atoms with E-state index in [1.165, 1.54) is 0 Å². The molecule has 0 radical (unpaired) electrons. The summed E-state index contributed by atoms with van der Waals surface area (Å²) in [6.45, 7) is 1.59. The Hall–Kier alpha value is -0.980. The number of aliphatic hydroxyl groups excluding tert-OH is 3. The van der Waals surface area contributed by atoms with Crippen molar-refractivity contribution in [3.8, 4) is 0 Å². The zero-order valence-corrected chi connectivity index (χ0v) is 11.3. The zero-order chi connectivity index (χ0) is 14.1. The predicted octanol–water partition coefficient (Wildman–Crippen LogP) is 0.153. The summed E-state index contributed by atoms with van der Waals surface area (Å²) in [7, 11) is 0. The fourth-order valence-corrected chi connectivity index (χ4v) is 3.33. The number of ether oxygens (including phenoxy) is 1. The predicted molar refractivity (Wildman–Crippen MR) is 72.4 cm³/mol. The van der Waals surface area contributed by atoms with E-state index < -0.39 is 18.6 Å². The third kappa shape index (κ3) is 2.73. The molecule has 2 fully saturated rings. The first-order valence-corrected chi connectivity index (χ1v) is 7.09. The van der Waals surface area contributed by atoms with Crippen molar-refractivity contribution >= 4 is 0 Å². The van der Waals surface area contributed by atoms with Crippen LogP contribution in [0, 0.1) is 11.8 Å². The summed E-state index contributed by atoms with van der Waals surface area (Å²) < 4.78 is 5.48. The largest absolute Gasteiger partial charge is 0.390 e. The third-order valence-electron chi connectivity index (χ3n) is 4.45. The number of hydrogen-bond donors (Lipinski definition) is 3. The van der Waals surface area contributed by atoms with Gasteiger partial charge in [0.2, 0.25) is 6.41 Å². The van der Waals surface area contributed by atoms with E-state index in [4.69, 9.17) is 4.74 Å². The second-order valence-electron chi connectivity index (χ2n) is 5.79. The lowest BCUT2D eigenvalue weighted by atomic mass is 9.99. The standard InChI is InChI=1S/C15H21NO4/c17-13-6-11-7-16(8-12(11)14(13)18)15(19)20-9-10-4-2-1-3-5-10/h1-5,11-15,17-19H,6-9H2/t11-,12+,13+,14-,15?/m0/s1. The molecule has 0 aromatic heterocycles. The van der Waals surface area contributed by atoms with Crippen LogP contribution in [0.25, 0.3) is 0 Å². The van der Waals surface area contributed by atoms with Crippen molar-refractivity contribution in [3.05, 3.63) is 35.9 Å². The molecule has 20 heavy (non-hydrogen) atoms. The number of likely N-dealkylation sites (tertiary alicyclic amines) is 1. The molecule has 0 spiro atoms. The van der Waals surface area contributed by atoms with Crippen molar-refractivity contribution < 1.29 is 20.1 Å². The summed E-state index contributed by atoms with van der Waals surface area (Å²) in [6.07, 6.45) is -1.64. The average molecular weight is 279 g/mol. The maximum atomic E-state index is 10.1. The summed E-state index contributed by atoms with van der Waals surface area (Å²) in [6, 6.07) is 9.71. The van der Waals surface area contributed by atoms with Crippen molar-refractivity contribution in [2.45, 2.75) is 31.6 Å².